The Kier molecular flexibility index (Phi) is 4.52. The van der Waals surface area contributed by atoms with E-state index in [1.807, 2.05) is 6.07 Å². The lowest BCUT2D eigenvalue weighted by Crippen LogP contribution is -2.07. The summed E-state index contributed by atoms with van der Waals surface area (Å²) in [4.78, 5) is 11.0. The fourth-order valence-corrected chi connectivity index (χ4v) is 0.683. The van der Waals surface area contributed by atoms with E-state index < -0.39 is 0 Å². The maximum absolute atomic E-state index is 11.0. The molecule has 0 spiro atoms. The molecular weight excluding hydrogens is 164 g/mol. The molecule has 1 aromatic rings. The number of carbonyl (C=O) groups is 1. The first-order valence-electron chi connectivity index (χ1n) is 3.63. The Balaban J connectivity index is 0.00000144. The van der Waals surface area contributed by atoms with Gasteiger partial charge in [-0.2, -0.15) is 0 Å². The maximum Gasteiger partial charge on any atom is 0.338 e. The molecule has 0 aromatic heterocycles. The molecule has 0 fully saturated rings. The van der Waals surface area contributed by atoms with Crippen LogP contribution < -0.4 is 4.74 Å². The van der Waals surface area contributed by atoms with Crippen LogP contribution in [0.3, 0.4) is 0 Å². The largest absolute Gasteiger partial charge is 0.423 e. The van der Waals surface area contributed by atoms with E-state index in [0.717, 1.165) is 0 Å². The molecular formula is C11H13O2. The molecule has 0 aliphatic carbocycles. The zero-order valence-electron chi connectivity index (χ0n) is 7.91. The summed E-state index contributed by atoms with van der Waals surface area (Å²) in [5, 5.41) is 0. The highest BCUT2D eigenvalue weighted by Crippen LogP contribution is 2.09. The summed E-state index contributed by atoms with van der Waals surface area (Å²) in [6.07, 6.45) is 0. The normalized spacial score (nSPS) is 8.38. The lowest BCUT2D eigenvalue weighted by atomic mass is 10.3. The number of hydrogen-bond acceptors (Lipinski definition) is 2. The first-order valence-corrected chi connectivity index (χ1v) is 3.63. The monoisotopic (exact) mass is 177 g/mol. The van der Waals surface area contributed by atoms with E-state index in [-0.39, 0.29) is 13.4 Å². The predicted octanol–water partition coefficient (Wildman–Crippen LogP) is 2.62. The van der Waals surface area contributed by atoms with Gasteiger partial charge < -0.3 is 4.74 Å². The Hall–Kier alpha value is -1.57. The minimum atomic E-state index is -0.388. The van der Waals surface area contributed by atoms with Gasteiger partial charge in [0.2, 0.25) is 0 Å². The molecule has 0 aliphatic heterocycles. The molecule has 2 heteroatoms. The molecule has 2 nitrogen and oxygen atoms in total. The van der Waals surface area contributed by atoms with Crippen LogP contribution in [0, 0.1) is 7.43 Å². The van der Waals surface area contributed by atoms with Crippen molar-refractivity contribution in [3.63, 3.8) is 0 Å². The van der Waals surface area contributed by atoms with Gasteiger partial charge >= 0.3 is 5.97 Å². The molecule has 0 unspecified atom stereocenters. The van der Waals surface area contributed by atoms with Crippen LogP contribution in [0.15, 0.2) is 42.5 Å². The third kappa shape index (κ3) is 3.56. The van der Waals surface area contributed by atoms with Gasteiger partial charge in [0.05, 0.1) is 0 Å². The standard InChI is InChI=1S/C10H10O2.CH3/c1-8(2)10(11)12-9-6-4-3-5-7-9;/h3-7H,1H2,2H3;1H3. The van der Waals surface area contributed by atoms with Gasteiger partial charge in [0.15, 0.2) is 0 Å². The maximum atomic E-state index is 11.0. The van der Waals surface area contributed by atoms with Crippen LogP contribution in [0.2, 0.25) is 0 Å². The fourth-order valence-electron chi connectivity index (χ4n) is 0.683. The fraction of sp³-hybridized carbons (Fsp3) is 0.0909. The Bertz CT molecular complexity index is 288. The number of para-hydroxylation sites is 1. The second-order valence-corrected chi connectivity index (χ2v) is 2.48. The smallest absolute Gasteiger partial charge is 0.338 e. The van der Waals surface area contributed by atoms with Crippen molar-refractivity contribution in [1.29, 1.82) is 0 Å². The van der Waals surface area contributed by atoms with E-state index in [0.29, 0.717) is 11.3 Å². The SMILES string of the molecule is C=C(C)C(=O)Oc1ccccc1.[CH3]. The second kappa shape index (κ2) is 5.14. The summed E-state index contributed by atoms with van der Waals surface area (Å²) < 4.78 is 4.94. The van der Waals surface area contributed by atoms with Crippen molar-refractivity contribution in [3.8, 4) is 5.75 Å². The first kappa shape index (κ1) is 11.4. The van der Waals surface area contributed by atoms with E-state index in [9.17, 15) is 4.79 Å². The third-order valence-electron chi connectivity index (χ3n) is 1.30. The van der Waals surface area contributed by atoms with Crippen molar-refractivity contribution in [3.05, 3.63) is 49.9 Å². The summed E-state index contributed by atoms with van der Waals surface area (Å²) in [6.45, 7) is 5.09. The quantitative estimate of drug-likeness (QED) is 0.394. The molecule has 0 N–H and O–H groups in total. The van der Waals surface area contributed by atoms with E-state index in [4.69, 9.17) is 4.74 Å². The highest BCUT2D eigenvalue weighted by molar-refractivity contribution is 5.88. The minimum Gasteiger partial charge on any atom is -0.423 e. The summed E-state index contributed by atoms with van der Waals surface area (Å²) in [5.74, 6) is 0.159. The number of carbonyl (C=O) groups excluding carboxylic acids is 1. The highest BCUT2D eigenvalue weighted by atomic mass is 16.5. The molecule has 0 saturated heterocycles. The van der Waals surface area contributed by atoms with E-state index in [2.05, 4.69) is 6.58 Å². The topological polar surface area (TPSA) is 26.3 Å². The number of benzene rings is 1. The van der Waals surface area contributed by atoms with Crippen LogP contribution in [0.25, 0.3) is 0 Å². The van der Waals surface area contributed by atoms with Crippen molar-refractivity contribution in [2.45, 2.75) is 6.92 Å². The van der Waals surface area contributed by atoms with Crippen molar-refractivity contribution in [1.82, 2.24) is 0 Å². The first-order chi connectivity index (χ1) is 5.70. The molecule has 0 saturated carbocycles. The molecule has 0 amide bonds. The minimum absolute atomic E-state index is 0. The van der Waals surface area contributed by atoms with Crippen molar-refractivity contribution >= 4 is 5.97 Å². The molecule has 69 valence electrons. The Morgan fingerprint density at radius 1 is 1.31 bits per heavy atom. The molecule has 1 radical (unpaired) electrons. The lowest BCUT2D eigenvalue weighted by Gasteiger charge is -2.01. The molecule has 0 aliphatic rings. The third-order valence-corrected chi connectivity index (χ3v) is 1.30. The zero-order chi connectivity index (χ0) is 8.97. The van der Waals surface area contributed by atoms with Gasteiger partial charge in [0.25, 0.3) is 0 Å². The average Bonchev–Trinajstić information content (AvgIpc) is 2.06. The van der Waals surface area contributed by atoms with E-state index in [1.165, 1.54) is 0 Å². The lowest BCUT2D eigenvalue weighted by molar-refractivity contribution is -0.130. The van der Waals surface area contributed by atoms with Crippen LogP contribution in [-0.4, -0.2) is 5.97 Å². The van der Waals surface area contributed by atoms with Gasteiger partial charge in [-0.1, -0.05) is 32.2 Å². The van der Waals surface area contributed by atoms with Crippen LogP contribution in [0.4, 0.5) is 0 Å². The van der Waals surface area contributed by atoms with Crippen LogP contribution in [0.5, 0.6) is 5.75 Å². The van der Waals surface area contributed by atoms with E-state index >= 15 is 0 Å². The van der Waals surface area contributed by atoms with Crippen LogP contribution >= 0.6 is 0 Å². The van der Waals surface area contributed by atoms with Gasteiger partial charge in [-0.15, -0.1) is 0 Å². The number of rotatable bonds is 2. The van der Waals surface area contributed by atoms with Crippen molar-refractivity contribution in [2.24, 2.45) is 0 Å². The predicted molar refractivity (Wildman–Crippen MR) is 53.3 cm³/mol. The van der Waals surface area contributed by atoms with Gasteiger partial charge in [-0.05, 0) is 19.1 Å². The Labute approximate surface area is 78.8 Å². The summed E-state index contributed by atoms with van der Waals surface area (Å²) in [6, 6.07) is 8.92. The number of esters is 1. The Morgan fingerprint density at radius 3 is 2.31 bits per heavy atom. The highest BCUT2D eigenvalue weighted by Gasteiger charge is 2.03. The van der Waals surface area contributed by atoms with Gasteiger partial charge in [0, 0.05) is 5.57 Å². The molecule has 0 bridgehead atoms. The number of ether oxygens (including phenoxy) is 1. The number of hydrogen-bond donors (Lipinski definition) is 0. The molecule has 1 aromatic carbocycles. The second-order valence-electron chi connectivity index (χ2n) is 2.48. The van der Waals surface area contributed by atoms with Gasteiger partial charge in [0.1, 0.15) is 5.75 Å². The van der Waals surface area contributed by atoms with Gasteiger partial charge in [-0.3, -0.25) is 0 Å². The molecule has 0 atom stereocenters. The Morgan fingerprint density at radius 2 is 1.85 bits per heavy atom. The van der Waals surface area contributed by atoms with Crippen LogP contribution in [0.1, 0.15) is 6.92 Å². The van der Waals surface area contributed by atoms with Crippen molar-refractivity contribution in [2.75, 3.05) is 0 Å². The van der Waals surface area contributed by atoms with Crippen molar-refractivity contribution < 1.29 is 9.53 Å². The molecule has 1 rings (SSSR count). The van der Waals surface area contributed by atoms with Gasteiger partial charge in [-0.25, -0.2) is 4.79 Å². The summed E-state index contributed by atoms with van der Waals surface area (Å²) >= 11 is 0. The molecule has 0 heterocycles. The van der Waals surface area contributed by atoms with E-state index in [1.54, 1.807) is 31.2 Å². The zero-order valence-corrected chi connectivity index (χ0v) is 7.91. The summed E-state index contributed by atoms with van der Waals surface area (Å²) in [5.41, 5.74) is 0.402. The summed E-state index contributed by atoms with van der Waals surface area (Å²) in [7, 11) is 0. The van der Waals surface area contributed by atoms with Crippen LogP contribution in [-0.2, 0) is 4.79 Å². The average molecular weight is 177 g/mol. The molecule has 13 heavy (non-hydrogen) atoms.